The van der Waals surface area contributed by atoms with Gasteiger partial charge in [-0.05, 0) is 50.4 Å². The average molecular weight is 362 g/mol. The van der Waals surface area contributed by atoms with Crippen LogP contribution in [0.25, 0.3) is 6.08 Å². The molecular formula is C19H23FN2O2S. The summed E-state index contributed by atoms with van der Waals surface area (Å²) >= 11 is 0. The Balaban J connectivity index is 2.05. The van der Waals surface area contributed by atoms with Gasteiger partial charge in [-0.2, -0.15) is 0 Å². The molecule has 6 heteroatoms. The lowest BCUT2D eigenvalue weighted by atomic mass is 10.1. The largest absolute Gasteiger partial charge is 0.301 e. The van der Waals surface area contributed by atoms with Crippen molar-refractivity contribution in [1.29, 1.82) is 0 Å². The molecule has 1 unspecified atom stereocenters. The molecule has 0 spiro atoms. The van der Waals surface area contributed by atoms with Gasteiger partial charge in [0.25, 0.3) is 0 Å². The number of benzene rings is 2. The minimum Gasteiger partial charge on any atom is -0.301 e. The molecule has 4 nitrogen and oxygen atoms in total. The number of rotatable bonds is 7. The van der Waals surface area contributed by atoms with E-state index in [1.807, 2.05) is 50.2 Å². The maximum atomic E-state index is 13.1. The summed E-state index contributed by atoms with van der Waals surface area (Å²) in [5, 5.41) is 1.16. The number of nitrogens with one attached hydrogen (secondary N) is 1. The molecule has 134 valence electrons. The maximum absolute atomic E-state index is 13.1. The molecule has 2 aromatic rings. The molecule has 0 aliphatic rings. The zero-order chi connectivity index (χ0) is 18.4. The first-order valence-electron chi connectivity index (χ1n) is 7.93. The minimum absolute atomic E-state index is 0.192. The van der Waals surface area contributed by atoms with Crippen LogP contribution < -0.4 is 4.72 Å². The SMILES string of the molecule is Cc1ccc(C=CS(=O)(=O)NCC(c2ccc(F)cc2)N(C)C)cc1. The predicted octanol–water partition coefficient (Wildman–Crippen LogP) is 3.33. The number of sulfonamides is 1. The average Bonchev–Trinajstić information content (AvgIpc) is 2.56. The Hall–Kier alpha value is -2.02. The molecule has 25 heavy (non-hydrogen) atoms. The summed E-state index contributed by atoms with van der Waals surface area (Å²) in [7, 11) is 0.137. The first-order chi connectivity index (χ1) is 11.8. The van der Waals surface area contributed by atoms with Gasteiger partial charge in [0, 0.05) is 18.0 Å². The smallest absolute Gasteiger partial charge is 0.233 e. The third kappa shape index (κ3) is 6.08. The molecule has 1 N–H and O–H groups in total. The fraction of sp³-hybridized carbons (Fsp3) is 0.263. The van der Waals surface area contributed by atoms with Gasteiger partial charge >= 0.3 is 0 Å². The van der Waals surface area contributed by atoms with Crippen molar-refractivity contribution in [2.24, 2.45) is 0 Å². The second kappa shape index (κ2) is 8.38. The molecule has 0 fully saturated rings. The van der Waals surface area contributed by atoms with Crippen LogP contribution in [0.3, 0.4) is 0 Å². The van der Waals surface area contributed by atoms with Crippen LogP contribution >= 0.6 is 0 Å². The van der Waals surface area contributed by atoms with Crippen LogP contribution in [-0.2, 0) is 10.0 Å². The van der Waals surface area contributed by atoms with Gasteiger partial charge in [-0.25, -0.2) is 17.5 Å². The van der Waals surface area contributed by atoms with E-state index in [4.69, 9.17) is 0 Å². The number of likely N-dealkylation sites (N-methyl/N-ethyl adjacent to an activating group) is 1. The lowest BCUT2D eigenvalue weighted by Gasteiger charge is -2.24. The first kappa shape index (κ1) is 19.3. The molecule has 0 aliphatic carbocycles. The molecule has 0 amide bonds. The molecule has 2 rings (SSSR count). The summed E-state index contributed by atoms with van der Waals surface area (Å²) in [5.41, 5.74) is 2.78. The number of nitrogens with zero attached hydrogens (tertiary/aromatic N) is 1. The van der Waals surface area contributed by atoms with E-state index in [-0.39, 0.29) is 18.4 Å². The van der Waals surface area contributed by atoms with Crippen LogP contribution in [0.4, 0.5) is 4.39 Å². The molecule has 0 aliphatic heterocycles. The summed E-state index contributed by atoms with van der Waals surface area (Å²) in [4.78, 5) is 1.89. The highest BCUT2D eigenvalue weighted by Crippen LogP contribution is 2.18. The van der Waals surface area contributed by atoms with Crippen LogP contribution in [0.2, 0.25) is 0 Å². The van der Waals surface area contributed by atoms with E-state index >= 15 is 0 Å². The Morgan fingerprint density at radius 1 is 1.08 bits per heavy atom. The van der Waals surface area contributed by atoms with Gasteiger partial charge in [0.05, 0.1) is 0 Å². The highest BCUT2D eigenvalue weighted by molar-refractivity contribution is 7.92. The van der Waals surface area contributed by atoms with Gasteiger partial charge in [-0.1, -0.05) is 42.0 Å². The molecule has 2 aromatic carbocycles. The normalized spacial score (nSPS) is 13.5. The van der Waals surface area contributed by atoms with Gasteiger partial charge in [0.15, 0.2) is 0 Å². The Labute approximate surface area is 149 Å². The fourth-order valence-electron chi connectivity index (χ4n) is 2.37. The minimum atomic E-state index is -3.57. The molecule has 0 saturated heterocycles. The Kier molecular flexibility index (Phi) is 6.47. The van der Waals surface area contributed by atoms with Crippen molar-refractivity contribution in [2.75, 3.05) is 20.6 Å². The van der Waals surface area contributed by atoms with Gasteiger partial charge in [0.1, 0.15) is 5.82 Å². The Morgan fingerprint density at radius 2 is 1.68 bits per heavy atom. The van der Waals surface area contributed by atoms with E-state index < -0.39 is 10.0 Å². The third-order valence-corrected chi connectivity index (χ3v) is 4.94. The Morgan fingerprint density at radius 3 is 2.24 bits per heavy atom. The summed E-state index contributed by atoms with van der Waals surface area (Å²) in [6, 6.07) is 13.5. The van der Waals surface area contributed by atoms with E-state index in [1.165, 1.54) is 12.1 Å². The lowest BCUT2D eigenvalue weighted by Crippen LogP contribution is -2.33. The summed E-state index contributed by atoms with van der Waals surface area (Å²) < 4.78 is 40.1. The topological polar surface area (TPSA) is 49.4 Å². The lowest BCUT2D eigenvalue weighted by molar-refractivity contribution is 0.299. The Bertz CT molecular complexity index is 814. The van der Waals surface area contributed by atoms with Gasteiger partial charge in [-0.3, -0.25) is 0 Å². The van der Waals surface area contributed by atoms with Crippen molar-refractivity contribution >= 4 is 16.1 Å². The monoisotopic (exact) mass is 362 g/mol. The van der Waals surface area contributed by atoms with Crippen LogP contribution in [0.15, 0.2) is 53.9 Å². The second-order valence-electron chi connectivity index (χ2n) is 6.14. The van der Waals surface area contributed by atoms with Crippen molar-refractivity contribution in [1.82, 2.24) is 9.62 Å². The molecule has 0 saturated carbocycles. The quantitative estimate of drug-likeness (QED) is 0.822. The van der Waals surface area contributed by atoms with E-state index in [9.17, 15) is 12.8 Å². The molecule has 1 atom stereocenters. The molecule has 0 bridgehead atoms. The predicted molar refractivity (Wildman–Crippen MR) is 100.0 cm³/mol. The van der Waals surface area contributed by atoms with E-state index in [1.54, 1.807) is 18.2 Å². The van der Waals surface area contributed by atoms with Crippen molar-refractivity contribution in [3.05, 3.63) is 76.4 Å². The standard InChI is InChI=1S/C19H23FN2O2S/c1-15-4-6-16(7-5-15)12-13-25(23,24)21-14-19(22(2)3)17-8-10-18(20)11-9-17/h4-13,19,21H,14H2,1-3H3. The van der Waals surface area contributed by atoms with Crippen molar-refractivity contribution < 1.29 is 12.8 Å². The number of hydrogen-bond donors (Lipinski definition) is 1. The molecule has 0 radical (unpaired) electrons. The van der Waals surface area contributed by atoms with Crippen molar-refractivity contribution in [3.8, 4) is 0 Å². The van der Waals surface area contributed by atoms with Crippen LogP contribution in [0, 0.1) is 12.7 Å². The number of halogens is 1. The highest BCUT2D eigenvalue weighted by Gasteiger charge is 2.16. The van der Waals surface area contributed by atoms with E-state index in [0.29, 0.717) is 0 Å². The fourth-order valence-corrected chi connectivity index (χ4v) is 3.20. The van der Waals surface area contributed by atoms with Gasteiger partial charge in [-0.15, -0.1) is 0 Å². The van der Waals surface area contributed by atoms with Crippen LogP contribution in [-0.4, -0.2) is 34.0 Å². The van der Waals surface area contributed by atoms with Gasteiger partial charge in [0.2, 0.25) is 10.0 Å². The van der Waals surface area contributed by atoms with Crippen LogP contribution in [0.5, 0.6) is 0 Å². The van der Waals surface area contributed by atoms with E-state index in [2.05, 4.69) is 4.72 Å². The zero-order valence-corrected chi connectivity index (χ0v) is 15.4. The zero-order valence-electron chi connectivity index (χ0n) is 14.6. The molecule has 0 aromatic heterocycles. The summed E-state index contributed by atoms with van der Waals surface area (Å²) in [5.74, 6) is -0.317. The second-order valence-corrected chi connectivity index (χ2v) is 7.79. The third-order valence-electron chi connectivity index (χ3n) is 3.87. The molecular weight excluding hydrogens is 339 g/mol. The molecule has 0 heterocycles. The summed E-state index contributed by atoms with van der Waals surface area (Å²) in [6.45, 7) is 2.17. The van der Waals surface area contributed by atoms with Crippen LogP contribution in [0.1, 0.15) is 22.7 Å². The number of aryl methyl sites for hydroxylation is 1. The maximum Gasteiger partial charge on any atom is 0.233 e. The first-order valence-corrected chi connectivity index (χ1v) is 9.48. The van der Waals surface area contributed by atoms with Gasteiger partial charge < -0.3 is 4.90 Å². The summed E-state index contributed by atoms with van der Waals surface area (Å²) in [6.07, 6.45) is 1.56. The van der Waals surface area contributed by atoms with Crippen molar-refractivity contribution in [3.63, 3.8) is 0 Å². The number of hydrogen-bond acceptors (Lipinski definition) is 3. The van der Waals surface area contributed by atoms with E-state index in [0.717, 1.165) is 22.1 Å². The highest BCUT2D eigenvalue weighted by atomic mass is 32.2. The van der Waals surface area contributed by atoms with Crippen molar-refractivity contribution in [2.45, 2.75) is 13.0 Å².